The van der Waals surface area contributed by atoms with Crippen LogP contribution in [0.1, 0.15) is 69.8 Å². The molecule has 9 nitrogen and oxygen atoms in total. The minimum atomic E-state index is -0.572. The molecule has 42 heavy (non-hydrogen) atoms. The van der Waals surface area contributed by atoms with E-state index in [1.54, 1.807) is 24.3 Å². The third kappa shape index (κ3) is 6.50. The van der Waals surface area contributed by atoms with E-state index in [-0.39, 0.29) is 11.9 Å². The Morgan fingerprint density at radius 2 is 1.88 bits per heavy atom. The smallest absolute Gasteiger partial charge is 0.254 e. The summed E-state index contributed by atoms with van der Waals surface area (Å²) >= 11 is 3.61. The molecule has 2 aromatic carbocycles. The number of rotatable bonds is 10. The van der Waals surface area contributed by atoms with E-state index < -0.39 is 5.91 Å². The van der Waals surface area contributed by atoms with E-state index in [1.165, 1.54) is 0 Å². The fourth-order valence-electron chi connectivity index (χ4n) is 5.58. The van der Waals surface area contributed by atoms with Crippen LogP contribution in [-0.2, 0) is 30.8 Å². The number of aromatic nitrogens is 3. The fourth-order valence-corrected chi connectivity index (χ4v) is 6.24. The number of pyridine rings is 1. The van der Waals surface area contributed by atoms with Crippen LogP contribution in [0.2, 0.25) is 0 Å². The number of halogens is 1. The summed E-state index contributed by atoms with van der Waals surface area (Å²) in [4.78, 5) is 33.0. The van der Waals surface area contributed by atoms with Crippen molar-refractivity contribution in [3.8, 4) is 0 Å². The van der Waals surface area contributed by atoms with Crippen LogP contribution in [0.15, 0.2) is 53.1 Å². The zero-order valence-corrected chi connectivity index (χ0v) is 25.9. The highest BCUT2D eigenvalue weighted by molar-refractivity contribution is 9.10. The van der Waals surface area contributed by atoms with Crippen LogP contribution in [0.25, 0.3) is 11.0 Å². The SMILES string of the molecule is CCc1nc2c(cnn2CC)c(NC2CCOCC2)c1CN(Cc1cc(C)cc(Br)c1)C(=O)c1cccc(C(N)=O)c1. The van der Waals surface area contributed by atoms with Crippen molar-refractivity contribution >= 4 is 44.5 Å². The zero-order valence-electron chi connectivity index (χ0n) is 24.3. The number of carbonyl (C=O) groups is 2. The van der Waals surface area contributed by atoms with Gasteiger partial charge in [0.1, 0.15) is 0 Å². The fraction of sp³-hybridized carbons (Fsp3) is 0.375. The minimum Gasteiger partial charge on any atom is -0.381 e. The number of primary amides is 1. The molecule has 0 bridgehead atoms. The van der Waals surface area contributed by atoms with Crippen LogP contribution in [0.4, 0.5) is 5.69 Å². The van der Waals surface area contributed by atoms with Crippen LogP contribution < -0.4 is 11.1 Å². The van der Waals surface area contributed by atoms with Crippen molar-refractivity contribution in [3.05, 3.63) is 86.6 Å². The molecule has 0 aliphatic carbocycles. The van der Waals surface area contributed by atoms with E-state index in [0.29, 0.717) is 50.4 Å². The lowest BCUT2D eigenvalue weighted by Gasteiger charge is -2.29. The number of fused-ring (bicyclic) bond motifs is 1. The lowest BCUT2D eigenvalue weighted by molar-refractivity contribution is 0.0729. The van der Waals surface area contributed by atoms with Crippen LogP contribution >= 0.6 is 15.9 Å². The van der Waals surface area contributed by atoms with Crippen molar-refractivity contribution in [2.24, 2.45) is 5.73 Å². The lowest BCUT2D eigenvalue weighted by atomic mass is 10.0. The topological polar surface area (TPSA) is 115 Å². The predicted octanol–water partition coefficient (Wildman–Crippen LogP) is 5.62. The largest absolute Gasteiger partial charge is 0.381 e. The molecule has 0 atom stereocenters. The predicted molar refractivity (Wildman–Crippen MR) is 167 cm³/mol. The Balaban J connectivity index is 1.63. The highest BCUT2D eigenvalue weighted by Gasteiger charge is 2.26. The second-order valence-electron chi connectivity index (χ2n) is 10.7. The van der Waals surface area contributed by atoms with Gasteiger partial charge in [-0.3, -0.25) is 9.59 Å². The molecule has 4 aromatic rings. The number of hydrogen-bond acceptors (Lipinski definition) is 6. The van der Waals surface area contributed by atoms with E-state index in [1.807, 2.05) is 34.8 Å². The number of benzene rings is 2. The third-order valence-corrected chi connectivity index (χ3v) is 8.14. The molecule has 3 N–H and O–H groups in total. The molecule has 1 saturated heterocycles. The molecule has 3 heterocycles. The summed E-state index contributed by atoms with van der Waals surface area (Å²) in [5.41, 5.74) is 12.0. The zero-order chi connectivity index (χ0) is 29.8. The molecule has 0 radical (unpaired) electrons. The first-order valence-electron chi connectivity index (χ1n) is 14.4. The van der Waals surface area contributed by atoms with E-state index >= 15 is 0 Å². The Morgan fingerprint density at radius 3 is 2.57 bits per heavy atom. The molecule has 1 aliphatic rings. The molecule has 220 valence electrons. The molecule has 0 spiro atoms. The maximum Gasteiger partial charge on any atom is 0.254 e. The number of nitrogens with two attached hydrogens (primary N) is 1. The Hall–Kier alpha value is -3.76. The lowest BCUT2D eigenvalue weighted by Crippen LogP contribution is -2.33. The summed E-state index contributed by atoms with van der Waals surface area (Å²) in [5, 5.41) is 9.38. The van der Waals surface area contributed by atoms with Gasteiger partial charge in [0.25, 0.3) is 5.91 Å². The average Bonchev–Trinajstić information content (AvgIpc) is 3.40. The van der Waals surface area contributed by atoms with Gasteiger partial charge in [-0.2, -0.15) is 5.10 Å². The Morgan fingerprint density at radius 1 is 1.12 bits per heavy atom. The summed E-state index contributed by atoms with van der Waals surface area (Å²) in [7, 11) is 0. The van der Waals surface area contributed by atoms with E-state index in [2.05, 4.69) is 46.3 Å². The number of anilines is 1. The number of hydrogen-bond donors (Lipinski definition) is 2. The quantitative estimate of drug-likeness (QED) is 0.235. The molecule has 5 rings (SSSR count). The van der Waals surface area contributed by atoms with Gasteiger partial charge in [0, 0.05) is 59.2 Å². The van der Waals surface area contributed by atoms with Gasteiger partial charge in [0.15, 0.2) is 5.65 Å². The first-order valence-corrected chi connectivity index (χ1v) is 15.2. The van der Waals surface area contributed by atoms with Crippen molar-refractivity contribution in [1.29, 1.82) is 0 Å². The number of nitrogens with one attached hydrogen (secondary N) is 1. The first-order chi connectivity index (χ1) is 20.3. The van der Waals surface area contributed by atoms with Crippen LogP contribution in [0, 0.1) is 6.92 Å². The molecule has 10 heteroatoms. The molecule has 1 fully saturated rings. The number of aryl methyl sites for hydroxylation is 3. The second-order valence-corrected chi connectivity index (χ2v) is 11.7. The number of ether oxygens (including phenoxy) is 1. The van der Waals surface area contributed by atoms with Crippen LogP contribution in [0.3, 0.4) is 0 Å². The van der Waals surface area contributed by atoms with Gasteiger partial charge in [-0.05, 0) is 74.6 Å². The van der Waals surface area contributed by atoms with Gasteiger partial charge in [-0.1, -0.05) is 35.0 Å². The summed E-state index contributed by atoms with van der Waals surface area (Å²) in [6.45, 7) is 8.98. The molecule has 1 aliphatic heterocycles. The summed E-state index contributed by atoms with van der Waals surface area (Å²) < 4.78 is 8.48. The number of nitrogens with zero attached hydrogens (tertiary/aromatic N) is 4. The van der Waals surface area contributed by atoms with Crippen molar-refractivity contribution in [2.45, 2.75) is 65.7 Å². The van der Waals surface area contributed by atoms with Gasteiger partial charge in [0.05, 0.1) is 23.8 Å². The average molecular weight is 634 g/mol. The van der Waals surface area contributed by atoms with Gasteiger partial charge in [-0.25, -0.2) is 9.67 Å². The monoisotopic (exact) mass is 632 g/mol. The highest BCUT2D eigenvalue weighted by Crippen LogP contribution is 2.33. The minimum absolute atomic E-state index is 0.195. The van der Waals surface area contributed by atoms with E-state index in [4.69, 9.17) is 15.5 Å². The Kier molecular flexibility index (Phi) is 9.23. The molecule has 0 saturated carbocycles. The highest BCUT2D eigenvalue weighted by atomic mass is 79.9. The Labute approximate surface area is 254 Å². The normalized spacial score (nSPS) is 13.8. The van der Waals surface area contributed by atoms with Gasteiger partial charge in [-0.15, -0.1) is 0 Å². The molecule has 2 amide bonds. The maximum absolute atomic E-state index is 14.2. The molecular weight excluding hydrogens is 596 g/mol. The summed E-state index contributed by atoms with van der Waals surface area (Å²) in [5.74, 6) is -0.767. The molecule has 2 aromatic heterocycles. The number of amides is 2. The van der Waals surface area contributed by atoms with Crippen molar-refractivity contribution in [2.75, 3.05) is 18.5 Å². The van der Waals surface area contributed by atoms with Crippen molar-refractivity contribution in [3.63, 3.8) is 0 Å². The van der Waals surface area contributed by atoms with Crippen LogP contribution in [0.5, 0.6) is 0 Å². The standard InChI is InChI=1S/C32H37BrN6O3/c1-4-28-27(29(36-25-9-11-42-12-10-25)26-17-35-39(5-2)31(26)37-28)19-38(18-21-13-20(3)14-24(33)15-21)32(41)23-8-6-7-22(16-23)30(34)40/h6-8,13-17,25H,4-5,9-12,18-19H2,1-3H3,(H2,34,40)(H,36,37). The summed E-state index contributed by atoms with van der Waals surface area (Å²) in [6, 6.07) is 13.0. The van der Waals surface area contributed by atoms with Crippen molar-refractivity contribution in [1.82, 2.24) is 19.7 Å². The van der Waals surface area contributed by atoms with E-state index in [9.17, 15) is 9.59 Å². The Bertz CT molecular complexity index is 1590. The summed E-state index contributed by atoms with van der Waals surface area (Å²) in [6.07, 6.45) is 4.35. The first kappa shape index (κ1) is 29.7. The third-order valence-electron chi connectivity index (χ3n) is 7.68. The van der Waals surface area contributed by atoms with Gasteiger partial charge in [0.2, 0.25) is 5.91 Å². The van der Waals surface area contributed by atoms with Gasteiger partial charge < -0.3 is 20.7 Å². The molecular formula is C32H37BrN6O3. The second kappa shape index (κ2) is 13.0. The number of carbonyl (C=O) groups excluding carboxylic acids is 2. The molecule has 0 unspecified atom stereocenters. The van der Waals surface area contributed by atoms with Gasteiger partial charge >= 0.3 is 0 Å². The van der Waals surface area contributed by atoms with Crippen LogP contribution in [-0.4, -0.2) is 50.7 Å². The van der Waals surface area contributed by atoms with Crippen molar-refractivity contribution < 1.29 is 14.3 Å². The van der Waals surface area contributed by atoms with E-state index in [0.717, 1.165) is 56.4 Å². The maximum atomic E-state index is 14.2.